The van der Waals surface area contributed by atoms with Gasteiger partial charge in [0.1, 0.15) is 0 Å². The van der Waals surface area contributed by atoms with Gasteiger partial charge in [-0.3, -0.25) is 0 Å². The molecular formula is C10H10Cl2N4OS. The fraction of sp³-hybridized carbons (Fsp3) is 0.200. The van der Waals surface area contributed by atoms with Crippen LogP contribution in [0.1, 0.15) is 0 Å². The summed E-state index contributed by atoms with van der Waals surface area (Å²) in [5, 5.41) is 8.02. The maximum atomic E-state index is 5.97. The number of nitrogen functional groups attached to an aromatic ring is 1. The highest BCUT2D eigenvalue weighted by molar-refractivity contribution is 7.99. The number of halogens is 2. The molecule has 5 nitrogen and oxygen atoms in total. The smallest absolute Gasteiger partial charge is 0.216 e. The van der Waals surface area contributed by atoms with Crippen molar-refractivity contribution in [2.45, 2.75) is 5.16 Å². The van der Waals surface area contributed by atoms with Crippen molar-refractivity contribution >= 4 is 40.9 Å². The number of aromatic nitrogens is 3. The molecule has 2 rings (SSSR count). The first-order valence-corrected chi connectivity index (χ1v) is 6.78. The van der Waals surface area contributed by atoms with E-state index in [1.165, 1.54) is 11.8 Å². The number of anilines is 1. The second-order valence-corrected chi connectivity index (χ2v) is 5.13. The SMILES string of the molecule is Nc1nc(SCCOc2c(Cl)cccc2Cl)n[nH]1. The quantitative estimate of drug-likeness (QED) is 0.656. The zero-order valence-electron chi connectivity index (χ0n) is 9.19. The molecule has 0 saturated carbocycles. The molecule has 18 heavy (non-hydrogen) atoms. The van der Waals surface area contributed by atoms with Crippen molar-refractivity contribution in [3.63, 3.8) is 0 Å². The highest BCUT2D eigenvalue weighted by atomic mass is 35.5. The molecule has 0 aliphatic heterocycles. The monoisotopic (exact) mass is 304 g/mol. The van der Waals surface area contributed by atoms with Gasteiger partial charge in [-0.25, -0.2) is 5.10 Å². The Labute approximate surface area is 118 Å². The Hall–Kier alpha value is -1.11. The normalized spacial score (nSPS) is 10.6. The maximum Gasteiger partial charge on any atom is 0.216 e. The number of nitrogens with one attached hydrogen (secondary N) is 1. The van der Waals surface area contributed by atoms with E-state index < -0.39 is 0 Å². The minimum Gasteiger partial charge on any atom is -0.490 e. The van der Waals surface area contributed by atoms with Crippen molar-refractivity contribution in [1.82, 2.24) is 15.2 Å². The zero-order chi connectivity index (χ0) is 13.0. The average molecular weight is 305 g/mol. The first kappa shape index (κ1) is 13.3. The van der Waals surface area contributed by atoms with Crippen LogP contribution in [0.2, 0.25) is 10.0 Å². The van der Waals surface area contributed by atoms with Crippen molar-refractivity contribution in [3.8, 4) is 5.75 Å². The van der Waals surface area contributed by atoms with Crippen LogP contribution >= 0.6 is 35.0 Å². The Morgan fingerprint density at radius 3 is 2.67 bits per heavy atom. The lowest BCUT2D eigenvalue weighted by molar-refractivity contribution is 0.344. The molecule has 8 heteroatoms. The first-order valence-electron chi connectivity index (χ1n) is 5.04. The number of benzene rings is 1. The Kier molecular flexibility index (Phi) is 4.57. The number of nitrogens with zero attached hydrogens (tertiary/aromatic N) is 2. The maximum absolute atomic E-state index is 5.97. The van der Waals surface area contributed by atoms with E-state index in [0.29, 0.717) is 39.3 Å². The van der Waals surface area contributed by atoms with E-state index in [1.54, 1.807) is 18.2 Å². The van der Waals surface area contributed by atoms with Gasteiger partial charge in [0.15, 0.2) is 5.75 Å². The van der Waals surface area contributed by atoms with Crippen LogP contribution in [-0.2, 0) is 0 Å². The molecular weight excluding hydrogens is 295 g/mol. The lowest BCUT2D eigenvalue weighted by atomic mass is 10.3. The first-order chi connectivity index (χ1) is 8.66. The molecule has 0 saturated heterocycles. The molecule has 3 N–H and O–H groups in total. The van der Waals surface area contributed by atoms with Gasteiger partial charge in [0.2, 0.25) is 11.1 Å². The second kappa shape index (κ2) is 6.17. The van der Waals surface area contributed by atoms with E-state index in [9.17, 15) is 0 Å². The topological polar surface area (TPSA) is 76.8 Å². The summed E-state index contributed by atoms with van der Waals surface area (Å²) in [4.78, 5) is 3.96. The summed E-state index contributed by atoms with van der Waals surface area (Å²) in [5.41, 5.74) is 5.40. The Morgan fingerprint density at radius 2 is 2.06 bits per heavy atom. The van der Waals surface area contributed by atoms with E-state index in [2.05, 4.69) is 15.2 Å². The number of hydrogen-bond donors (Lipinski definition) is 2. The van der Waals surface area contributed by atoms with Crippen LogP contribution in [0, 0.1) is 0 Å². The highest BCUT2D eigenvalue weighted by Crippen LogP contribution is 2.32. The molecule has 0 unspecified atom stereocenters. The molecule has 1 aromatic heterocycles. The lowest BCUT2D eigenvalue weighted by Gasteiger charge is -2.08. The minimum atomic E-state index is 0.299. The van der Waals surface area contributed by atoms with Gasteiger partial charge in [-0.05, 0) is 12.1 Å². The van der Waals surface area contributed by atoms with E-state index >= 15 is 0 Å². The third-order valence-corrected chi connectivity index (χ3v) is 3.37. The van der Waals surface area contributed by atoms with Crippen LogP contribution < -0.4 is 10.5 Å². The average Bonchev–Trinajstić information content (AvgIpc) is 2.73. The van der Waals surface area contributed by atoms with Crippen molar-refractivity contribution in [3.05, 3.63) is 28.2 Å². The summed E-state index contributed by atoms with van der Waals surface area (Å²) < 4.78 is 5.51. The number of ether oxygens (including phenoxy) is 1. The number of thioether (sulfide) groups is 1. The second-order valence-electron chi connectivity index (χ2n) is 3.25. The molecule has 0 bridgehead atoms. The van der Waals surface area contributed by atoms with Crippen LogP contribution in [0.3, 0.4) is 0 Å². The van der Waals surface area contributed by atoms with Gasteiger partial charge in [0.25, 0.3) is 0 Å². The number of rotatable bonds is 5. The molecule has 0 fully saturated rings. The Balaban J connectivity index is 1.82. The van der Waals surface area contributed by atoms with Gasteiger partial charge in [-0.1, -0.05) is 41.0 Å². The van der Waals surface area contributed by atoms with Crippen molar-refractivity contribution in [1.29, 1.82) is 0 Å². The van der Waals surface area contributed by atoms with E-state index in [4.69, 9.17) is 33.7 Å². The molecule has 0 aliphatic carbocycles. The number of H-pyrrole nitrogens is 1. The minimum absolute atomic E-state index is 0.299. The van der Waals surface area contributed by atoms with Gasteiger partial charge >= 0.3 is 0 Å². The Bertz CT molecular complexity index is 514. The summed E-state index contributed by atoms with van der Waals surface area (Å²) in [6.45, 7) is 0.447. The molecule has 0 aliphatic rings. The van der Waals surface area contributed by atoms with E-state index in [0.717, 1.165) is 0 Å². The van der Waals surface area contributed by atoms with Crippen molar-refractivity contribution in [2.24, 2.45) is 0 Å². The van der Waals surface area contributed by atoms with E-state index in [-0.39, 0.29) is 0 Å². The molecule has 0 spiro atoms. The van der Waals surface area contributed by atoms with Crippen molar-refractivity contribution in [2.75, 3.05) is 18.1 Å². The molecule has 1 heterocycles. The fourth-order valence-electron chi connectivity index (χ4n) is 1.22. The summed E-state index contributed by atoms with van der Waals surface area (Å²) >= 11 is 13.4. The predicted molar refractivity (Wildman–Crippen MR) is 73.5 cm³/mol. The van der Waals surface area contributed by atoms with Gasteiger partial charge in [0.05, 0.1) is 16.7 Å². The van der Waals surface area contributed by atoms with Gasteiger partial charge < -0.3 is 10.5 Å². The standard InChI is InChI=1S/C10H10Cl2N4OS/c11-6-2-1-3-7(12)8(6)17-4-5-18-10-14-9(13)15-16-10/h1-3H,4-5H2,(H3,13,14,15,16). The Morgan fingerprint density at radius 1 is 1.33 bits per heavy atom. The number of nitrogens with two attached hydrogens (primary N) is 1. The number of aromatic amines is 1. The number of hydrogen-bond acceptors (Lipinski definition) is 5. The van der Waals surface area contributed by atoms with Crippen molar-refractivity contribution < 1.29 is 4.74 Å². The van der Waals surface area contributed by atoms with Crippen LogP contribution in [0.4, 0.5) is 5.95 Å². The number of para-hydroxylation sites is 1. The summed E-state index contributed by atoms with van der Waals surface area (Å²) in [7, 11) is 0. The molecule has 96 valence electrons. The van der Waals surface area contributed by atoms with Crippen LogP contribution in [-0.4, -0.2) is 27.5 Å². The van der Waals surface area contributed by atoms with Gasteiger partial charge in [-0.15, -0.1) is 5.10 Å². The molecule has 2 aromatic rings. The molecule has 0 radical (unpaired) electrons. The van der Waals surface area contributed by atoms with Gasteiger partial charge in [0, 0.05) is 5.75 Å². The third-order valence-electron chi connectivity index (χ3n) is 1.96. The summed E-state index contributed by atoms with van der Waals surface area (Å²) in [5.74, 6) is 1.46. The van der Waals surface area contributed by atoms with Crippen LogP contribution in [0.15, 0.2) is 23.4 Å². The zero-order valence-corrected chi connectivity index (χ0v) is 11.5. The fourth-order valence-corrected chi connectivity index (χ4v) is 2.35. The van der Waals surface area contributed by atoms with Gasteiger partial charge in [-0.2, -0.15) is 4.98 Å². The van der Waals surface area contributed by atoms with Crippen LogP contribution in [0.25, 0.3) is 0 Å². The molecule has 1 aromatic carbocycles. The molecule has 0 atom stereocenters. The van der Waals surface area contributed by atoms with E-state index in [1.807, 2.05) is 0 Å². The lowest BCUT2D eigenvalue weighted by Crippen LogP contribution is -2.01. The third kappa shape index (κ3) is 3.44. The summed E-state index contributed by atoms with van der Waals surface area (Å²) in [6, 6.07) is 5.22. The highest BCUT2D eigenvalue weighted by Gasteiger charge is 2.07. The molecule has 0 amide bonds. The predicted octanol–water partition coefficient (Wildman–Crippen LogP) is 2.86. The summed E-state index contributed by atoms with van der Waals surface area (Å²) in [6.07, 6.45) is 0. The van der Waals surface area contributed by atoms with Crippen LogP contribution in [0.5, 0.6) is 5.75 Å². The largest absolute Gasteiger partial charge is 0.490 e.